The van der Waals surface area contributed by atoms with E-state index in [1.807, 2.05) is 0 Å². The van der Waals surface area contributed by atoms with Crippen molar-refractivity contribution in [2.45, 2.75) is 82.5 Å². The summed E-state index contributed by atoms with van der Waals surface area (Å²) in [6.07, 6.45) is 11.1. The van der Waals surface area contributed by atoms with Crippen LogP contribution in [0.4, 0.5) is 0 Å². The smallest absolute Gasteiger partial charge is 0.240 e. The van der Waals surface area contributed by atoms with Crippen LogP contribution in [0.25, 0.3) is 0 Å². The minimum absolute atomic E-state index is 0.0269. The summed E-state index contributed by atoms with van der Waals surface area (Å²) in [7, 11) is 1.67. The Kier molecular flexibility index (Phi) is 7.28. The number of amides is 2. The summed E-state index contributed by atoms with van der Waals surface area (Å²) in [4.78, 5) is 23.9. The fourth-order valence-electron chi connectivity index (χ4n) is 4.19. The molecule has 26 heavy (non-hydrogen) atoms. The van der Waals surface area contributed by atoms with E-state index in [0.717, 1.165) is 32.4 Å². The zero-order valence-corrected chi connectivity index (χ0v) is 16.0. The SMILES string of the molecule is CN1NC(C(=O)NC2CCC(CCOC3CCCCC3)CN2)CCC1=O. The van der Waals surface area contributed by atoms with Crippen molar-refractivity contribution >= 4 is 11.8 Å². The first-order valence-corrected chi connectivity index (χ1v) is 10.3. The molecule has 1 aliphatic carbocycles. The van der Waals surface area contributed by atoms with E-state index in [9.17, 15) is 9.59 Å². The van der Waals surface area contributed by atoms with Crippen LogP contribution < -0.4 is 16.1 Å². The molecule has 1 saturated carbocycles. The Morgan fingerprint density at radius 3 is 2.69 bits per heavy atom. The molecule has 3 N–H and O–H groups in total. The van der Waals surface area contributed by atoms with Crippen LogP contribution in [0.15, 0.2) is 0 Å². The highest BCUT2D eigenvalue weighted by Crippen LogP contribution is 2.22. The van der Waals surface area contributed by atoms with Gasteiger partial charge in [-0.1, -0.05) is 19.3 Å². The Morgan fingerprint density at radius 1 is 1.19 bits per heavy atom. The van der Waals surface area contributed by atoms with Crippen LogP contribution in [0.3, 0.4) is 0 Å². The van der Waals surface area contributed by atoms with Gasteiger partial charge in [-0.05, 0) is 51.0 Å². The van der Waals surface area contributed by atoms with E-state index in [-0.39, 0.29) is 24.0 Å². The van der Waals surface area contributed by atoms with Crippen LogP contribution >= 0.6 is 0 Å². The molecule has 2 saturated heterocycles. The molecule has 0 radical (unpaired) electrons. The minimum atomic E-state index is -0.318. The summed E-state index contributed by atoms with van der Waals surface area (Å²) in [5, 5.41) is 7.94. The van der Waals surface area contributed by atoms with E-state index in [0.29, 0.717) is 24.9 Å². The number of carbonyl (C=O) groups is 2. The number of nitrogens with one attached hydrogen (secondary N) is 3. The highest BCUT2D eigenvalue weighted by atomic mass is 16.5. The van der Waals surface area contributed by atoms with Gasteiger partial charge < -0.3 is 10.1 Å². The van der Waals surface area contributed by atoms with Crippen molar-refractivity contribution in [3.63, 3.8) is 0 Å². The van der Waals surface area contributed by atoms with Crippen molar-refractivity contribution in [1.82, 2.24) is 21.1 Å². The van der Waals surface area contributed by atoms with Crippen LogP contribution in [0.2, 0.25) is 0 Å². The van der Waals surface area contributed by atoms with Crippen LogP contribution in [0.1, 0.15) is 64.2 Å². The second-order valence-corrected chi connectivity index (χ2v) is 8.01. The first-order valence-electron chi connectivity index (χ1n) is 10.3. The van der Waals surface area contributed by atoms with Crippen LogP contribution in [-0.2, 0) is 14.3 Å². The second-order valence-electron chi connectivity index (χ2n) is 8.01. The van der Waals surface area contributed by atoms with Crippen molar-refractivity contribution in [1.29, 1.82) is 0 Å². The van der Waals surface area contributed by atoms with Gasteiger partial charge in [0.25, 0.3) is 0 Å². The molecule has 7 heteroatoms. The Balaban J connectivity index is 1.29. The molecule has 3 aliphatic rings. The van der Waals surface area contributed by atoms with Gasteiger partial charge in [-0.2, -0.15) is 0 Å². The summed E-state index contributed by atoms with van der Waals surface area (Å²) in [6, 6.07) is -0.318. The minimum Gasteiger partial charge on any atom is -0.378 e. The van der Waals surface area contributed by atoms with E-state index in [1.54, 1.807) is 7.05 Å². The lowest BCUT2D eigenvalue weighted by Gasteiger charge is -2.34. The van der Waals surface area contributed by atoms with E-state index >= 15 is 0 Å². The number of hydrazine groups is 1. The van der Waals surface area contributed by atoms with Crippen molar-refractivity contribution in [3.8, 4) is 0 Å². The van der Waals surface area contributed by atoms with Crippen LogP contribution in [-0.4, -0.2) is 55.3 Å². The maximum absolute atomic E-state index is 12.4. The third kappa shape index (κ3) is 5.66. The molecular formula is C19H34N4O3. The highest BCUT2D eigenvalue weighted by molar-refractivity contribution is 5.85. The molecule has 0 aromatic heterocycles. The van der Waals surface area contributed by atoms with Gasteiger partial charge in [0.1, 0.15) is 6.04 Å². The van der Waals surface area contributed by atoms with E-state index in [2.05, 4.69) is 16.1 Å². The summed E-state index contributed by atoms with van der Waals surface area (Å²) in [5.41, 5.74) is 2.95. The molecule has 0 spiro atoms. The van der Waals surface area contributed by atoms with Gasteiger partial charge in [0, 0.05) is 20.1 Å². The van der Waals surface area contributed by atoms with Crippen molar-refractivity contribution in [2.75, 3.05) is 20.2 Å². The number of rotatable bonds is 6. The monoisotopic (exact) mass is 366 g/mol. The Morgan fingerprint density at radius 2 is 2.00 bits per heavy atom. The van der Waals surface area contributed by atoms with E-state index < -0.39 is 0 Å². The molecule has 3 fully saturated rings. The summed E-state index contributed by atoms with van der Waals surface area (Å²) < 4.78 is 6.04. The summed E-state index contributed by atoms with van der Waals surface area (Å²) in [5.74, 6) is 0.632. The first-order chi connectivity index (χ1) is 12.6. The molecular weight excluding hydrogens is 332 g/mol. The maximum atomic E-state index is 12.4. The largest absolute Gasteiger partial charge is 0.378 e. The van der Waals surface area contributed by atoms with Crippen molar-refractivity contribution < 1.29 is 14.3 Å². The molecule has 0 aromatic carbocycles. The Hall–Kier alpha value is -1.18. The standard InChI is InChI=1S/C19H34N4O3/c1-23-18(24)10-8-16(22-23)19(25)21-17-9-7-14(13-20-17)11-12-26-15-5-3-2-4-6-15/h14-17,20,22H,2-13H2,1H3,(H,21,25). The molecule has 148 valence electrons. The molecule has 2 amide bonds. The quantitative estimate of drug-likeness (QED) is 0.660. The number of ether oxygens (including phenoxy) is 1. The van der Waals surface area contributed by atoms with E-state index in [4.69, 9.17) is 4.74 Å². The molecule has 2 heterocycles. The lowest BCUT2D eigenvalue weighted by atomic mass is 9.94. The molecule has 0 aromatic rings. The predicted octanol–water partition coefficient (Wildman–Crippen LogP) is 1.29. The molecule has 7 nitrogen and oxygen atoms in total. The Bertz CT molecular complexity index is 473. The normalized spacial score (nSPS) is 31.0. The van der Waals surface area contributed by atoms with Gasteiger partial charge >= 0.3 is 0 Å². The average molecular weight is 367 g/mol. The fourth-order valence-corrected chi connectivity index (χ4v) is 4.19. The summed E-state index contributed by atoms with van der Waals surface area (Å²) in [6.45, 7) is 1.79. The molecule has 2 aliphatic heterocycles. The number of piperidine rings is 1. The maximum Gasteiger partial charge on any atom is 0.240 e. The van der Waals surface area contributed by atoms with Gasteiger partial charge in [0.05, 0.1) is 12.3 Å². The number of hydrogen-bond donors (Lipinski definition) is 3. The zero-order valence-electron chi connectivity index (χ0n) is 16.0. The topological polar surface area (TPSA) is 82.7 Å². The fraction of sp³-hybridized carbons (Fsp3) is 0.895. The average Bonchev–Trinajstić information content (AvgIpc) is 2.66. The van der Waals surface area contributed by atoms with Gasteiger partial charge in [-0.25, -0.2) is 5.43 Å². The van der Waals surface area contributed by atoms with Crippen molar-refractivity contribution in [3.05, 3.63) is 0 Å². The molecule has 3 atom stereocenters. The number of hydrogen-bond acceptors (Lipinski definition) is 5. The lowest BCUT2D eigenvalue weighted by Crippen LogP contribution is -2.59. The Labute approximate surface area is 156 Å². The second kappa shape index (κ2) is 9.67. The number of nitrogens with zero attached hydrogens (tertiary/aromatic N) is 1. The molecule has 3 unspecified atom stereocenters. The van der Waals surface area contributed by atoms with E-state index in [1.165, 1.54) is 37.1 Å². The zero-order chi connectivity index (χ0) is 18.4. The number of carbonyl (C=O) groups excluding carboxylic acids is 2. The third-order valence-electron chi connectivity index (χ3n) is 5.95. The van der Waals surface area contributed by atoms with Gasteiger partial charge in [0.15, 0.2) is 0 Å². The first kappa shape index (κ1) is 19.6. The van der Waals surface area contributed by atoms with Gasteiger partial charge in [-0.3, -0.25) is 19.9 Å². The molecule has 3 rings (SSSR count). The summed E-state index contributed by atoms with van der Waals surface area (Å²) >= 11 is 0. The highest BCUT2D eigenvalue weighted by Gasteiger charge is 2.30. The third-order valence-corrected chi connectivity index (χ3v) is 5.95. The van der Waals surface area contributed by atoms with Crippen LogP contribution in [0, 0.1) is 5.92 Å². The van der Waals surface area contributed by atoms with Crippen molar-refractivity contribution in [2.24, 2.45) is 5.92 Å². The lowest BCUT2D eigenvalue weighted by molar-refractivity contribution is -0.140. The predicted molar refractivity (Wildman–Crippen MR) is 99.0 cm³/mol. The molecule has 0 bridgehead atoms. The van der Waals surface area contributed by atoms with Crippen LogP contribution in [0.5, 0.6) is 0 Å². The van der Waals surface area contributed by atoms with Gasteiger partial charge in [-0.15, -0.1) is 0 Å². The van der Waals surface area contributed by atoms with Gasteiger partial charge in [0.2, 0.25) is 11.8 Å².